The highest BCUT2D eigenvalue weighted by Crippen LogP contribution is 2.40. The molecule has 0 saturated carbocycles. The predicted molar refractivity (Wildman–Crippen MR) is 113 cm³/mol. The molecule has 0 aliphatic carbocycles. The van der Waals surface area contributed by atoms with Crippen molar-refractivity contribution in [1.82, 2.24) is 14.5 Å². The summed E-state index contributed by atoms with van der Waals surface area (Å²) in [5, 5.41) is 11.9. The highest BCUT2D eigenvalue weighted by atomic mass is 19.3. The van der Waals surface area contributed by atoms with Gasteiger partial charge in [-0.25, -0.2) is 22.5 Å². The lowest BCUT2D eigenvalue weighted by Gasteiger charge is -2.40. The van der Waals surface area contributed by atoms with E-state index < -0.39 is 48.3 Å². The van der Waals surface area contributed by atoms with Crippen molar-refractivity contribution < 1.29 is 35.0 Å². The second-order valence-electron chi connectivity index (χ2n) is 8.17. The van der Waals surface area contributed by atoms with Crippen molar-refractivity contribution >= 4 is 11.7 Å². The van der Waals surface area contributed by atoms with Crippen LogP contribution in [0.4, 0.5) is 23.4 Å². The molecule has 1 amide bonds. The largest absolute Gasteiger partial charge is 0.331 e. The van der Waals surface area contributed by atoms with E-state index in [9.17, 15) is 27.6 Å². The van der Waals surface area contributed by atoms with E-state index in [1.54, 1.807) is 11.8 Å². The molecular formula is C23H24F4N5O2+. The van der Waals surface area contributed by atoms with Crippen LogP contribution in [0.3, 0.4) is 0 Å². The van der Waals surface area contributed by atoms with Crippen LogP contribution in [-0.4, -0.2) is 50.6 Å². The van der Waals surface area contributed by atoms with Crippen molar-refractivity contribution in [3.05, 3.63) is 78.0 Å². The van der Waals surface area contributed by atoms with Crippen LogP contribution in [0.1, 0.15) is 33.1 Å². The quantitative estimate of drug-likeness (QED) is 0.323. The third-order valence-corrected chi connectivity index (χ3v) is 5.78. The molecule has 1 saturated heterocycles. The van der Waals surface area contributed by atoms with E-state index in [2.05, 4.69) is 10.3 Å². The normalized spacial score (nSPS) is 20.3. The summed E-state index contributed by atoms with van der Waals surface area (Å²) in [7, 11) is 0. The first-order valence-electron chi connectivity index (χ1n) is 11.5. The highest BCUT2D eigenvalue weighted by Gasteiger charge is 2.46. The zero-order valence-electron chi connectivity index (χ0n) is 20.1. The molecular weight excluding hydrogens is 454 g/mol. The van der Waals surface area contributed by atoms with Gasteiger partial charge in [0.25, 0.3) is 5.92 Å². The Hall–Kier alpha value is -3.47. The Morgan fingerprint density at radius 2 is 2.00 bits per heavy atom. The van der Waals surface area contributed by atoms with Crippen LogP contribution < -0.4 is 10.0 Å². The number of nitrogens with zero attached hydrogens (tertiary/aromatic N) is 4. The van der Waals surface area contributed by atoms with Gasteiger partial charge in [-0.3, -0.25) is 14.9 Å². The molecule has 34 heavy (non-hydrogen) atoms. The van der Waals surface area contributed by atoms with Gasteiger partial charge >= 0.3 is 0 Å². The number of alkyl halides is 2. The minimum atomic E-state index is -2.99. The number of anilines is 1. The summed E-state index contributed by atoms with van der Waals surface area (Å²) in [5.74, 6) is -6.60. The summed E-state index contributed by atoms with van der Waals surface area (Å²) in [6, 6.07) is 4.34. The van der Waals surface area contributed by atoms with Crippen LogP contribution in [0.25, 0.3) is 0 Å². The van der Waals surface area contributed by atoms with Crippen LogP contribution >= 0.6 is 0 Å². The Kier molecular flexibility index (Phi) is 5.84. The Labute approximate surface area is 196 Å². The van der Waals surface area contributed by atoms with Crippen molar-refractivity contribution in [3.8, 4) is 0 Å². The SMILES string of the molecule is [2H]C([2H])(c1cc(F)cc(F)c1)n1cnc(NC(=O)[C@H](C)N2CCC(F)(F)[C@@H](c3cc[n+](O)cc3)C2)c1. The lowest BCUT2D eigenvalue weighted by atomic mass is 9.87. The number of nitrogens with one attached hydrogen (secondary N) is 1. The zero-order valence-corrected chi connectivity index (χ0v) is 18.1. The first-order chi connectivity index (χ1) is 16.9. The average Bonchev–Trinajstić information content (AvgIpc) is 3.28. The second-order valence-corrected chi connectivity index (χ2v) is 8.17. The summed E-state index contributed by atoms with van der Waals surface area (Å²) in [6.07, 6.45) is 4.31. The molecule has 1 fully saturated rings. The molecule has 3 heterocycles. The van der Waals surface area contributed by atoms with Crippen molar-refractivity contribution in [2.24, 2.45) is 0 Å². The van der Waals surface area contributed by atoms with Crippen molar-refractivity contribution in [1.29, 1.82) is 0 Å². The summed E-state index contributed by atoms with van der Waals surface area (Å²) in [6.45, 7) is -0.918. The van der Waals surface area contributed by atoms with E-state index in [-0.39, 0.29) is 24.5 Å². The molecule has 7 nitrogen and oxygen atoms in total. The number of carbonyl (C=O) groups excluding carboxylic acids is 1. The van der Waals surface area contributed by atoms with E-state index in [1.807, 2.05) is 0 Å². The number of hydrogen-bond acceptors (Lipinski definition) is 4. The average molecular weight is 480 g/mol. The molecule has 1 aliphatic rings. The number of hydrogen-bond donors (Lipinski definition) is 2. The molecule has 3 aromatic rings. The highest BCUT2D eigenvalue weighted by molar-refractivity contribution is 5.93. The molecule has 0 spiro atoms. The molecule has 2 N–H and O–H groups in total. The molecule has 2 aromatic heterocycles. The van der Waals surface area contributed by atoms with Gasteiger partial charge in [0, 0.05) is 55.1 Å². The Morgan fingerprint density at radius 3 is 2.68 bits per heavy atom. The maximum Gasteiger partial charge on any atom is 0.257 e. The number of likely N-dealkylation sites (tertiary alicyclic amines) is 1. The number of piperidine rings is 1. The van der Waals surface area contributed by atoms with Gasteiger partial charge in [-0.05, 0) is 30.2 Å². The van der Waals surface area contributed by atoms with Crippen molar-refractivity contribution in [3.63, 3.8) is 0 Å². The van der Waals surface area contributed by atoms with Gasteiger partial charge in [-0.15, -0.1) is 0 Å². The summed E-state index contributed by atoms with van der Waals surface area (Å²) < 4.78 is 74.6. The van der Waals surface area contributed by atoms with Crippen LogP contribution in [0.15, 0.2) is 55.2 Å². The molecule has 2 atom stereocenters. The minimum absolute atomic E-state index is 0.0120. The van der Waals surface area contributed by atoms with E-state index >= 15 is 0 Å². The fourth-order valence-corrected chi connectivity index (χ4v) is 3.90. The van der Waals surface area contributed by atoms with Gasteiger partial charge in [0.15, 0.2) is 5.82 Å². The molecule has 1 aromatic carbocycles. The zero-order chi connectivity index (χ0) is 26.3. The lowest BCUT2D eigenvalue weighted by molar-refractivity contribution is -0.904. The fraction of sp³-hybridized carbons (Fsp3) is 0.348. The number of halogens is 4. The molecule has 0 unspecified atom stereocenters. The Balaban J connectivity index is 1.46. The Bertz CT molecular complexity index is 1240. The van der Waals surface area contributed by atoms with E-state index in [0.717, 1.165) is 27.8 Å². The molecule has 11 heteroatoms. The first kappa shape index (κ1) is 21.1. The molecule has 4 rings (SSSR count). The van der Waals surface area contributed by atoms with Gasteiger partial charge < -0.3 is 9.88 Å². The molecule has 1 aliphatic heterocycles. The van der Waals surface area contributed by atoms with E-state index in [1.165, 1.54) is 30.7 Å². The Morgan fingerprint density at radius 1 is 1.32 bits per heavy atom. The number of aromatic nitrogens is 3. The summed E-state index contributed by atoms with van der Waals surface area (Å²) in [4.78, 5) is 18.4. The smallest absolute Gasteiger partial charge is 0.257 e. The van der Waals surface area contributed by atoms with Gasteiger partial charge in [-0.1, -0.05) is 0 Å². The van der Waals surface area contributed by atoms with Gasteiger partial charge in [0.1, 0.15) is 11.6 Å². The van der Waals surface area contributed by atoms with Crippen molar-refractivity contribution in [2.45, 2.75) is 37.7 Å². The van der Waals surface area contributed by atoms with Crippen molar-refractivity contribution in [2.75, 3.05) is 18.4 Å². The summed E-state index contributed by atoms with van der Waals surface area (Å²) in [5.41, 5.74) is 0.0499. The number of amides is 1. The molecule has 0 bridgehead atoms. The number of imidazole rings is 1. The third-order valence-electron chi connectivity index (χ3n) is 5.78. The van der Waals surface area contributed by atoms with Gasteiger partial charge in [0.2, 0.25) is 18.3 Å². The first-order valence-corrected chi connectivity index (χ1v) is 10.5. The monoisotopic (exact) mass is 480 g/mol. The summed E-state index contributed by atoms with van der Waals surface area (Å²) >= 11 is 0. The van der Waals surface area contributed by atoms with Crippen LogP contribution in [0, 0.1) is 11.6 Å². The predicted octanol–water partition coefficient (Wildman–Crippen LogP) is 3.19. The van der Waals surface area contributed by atoms with Crippen LogP contribution in [0.2, 0.25) is 0 Å². The number of carbonyl (C=O) groups is 1. The standard InChI is InChI=1S/C23H23F4N5O2/c1-15(31-7-4-23(26,27)20(12-31)17-2-5-32(34)6-3-17)22(33)29-21-13-30(14-28-21)11-16-8-18(24)10-19(25)9-16/h2-3,5-6,8-10,13-15,20H,4,7,11-12H2,1H3,(H-,29,33,34)/p+1/t15-,20+/m0/s1/i11D2. The van der Waals surface area contributed by atoms with E-state index in [0.29, 0.717) is 11.6 Å². The van der Waals surface area contributed by atoms with Crippen LogP contribution in [-0.2, 0) is 11.3 Å². The topological polar surface area (TPSA) is 74.3 Å². The second kappa shape index (κ2) is 9.41. The maximum absolute atomic E-state index is 14.7. The van der Waals surface area contributed by atoms with Gasteiger partial charge in [-0.2, -0.15) is 0 Å². The molecule has 180 valence electrons. The fourth-order valence-electron chi connectivity index (χ4n) is 3.90. The van der Waals surface area contributed by atoms with Crippen LogP contribution in [0.5, 0.6) is 0 Å². The van der Waals surface area contributed by atoms with Gasteiger partial charge in [0.05, 0.1) is 21.0 Å². The number of pyridine rings is 1. The third kappa shape index (κ3) is 5.36. The lowest BCUT2D eigenvalue weighted by Crippen LogP contribution is -2.52. The number of rotatable bonds is 6. The van der Waals surface area contributed by atoms with E-state index in [4.69, 9.17) is 2.74 Å². The minimum Gasteiger partial charge on any atom is -0.331 e. The maximum atomic E-state index is 14.7. The number of benzene rings is 1. The molecule has 0 radical (unpaired) electrons.